The minimum Gasteiger partial charge on any atom is -0.372 e. The second-order valence-corrected chi connectivity index (χ2v) is 7.45. The maximum absolute atomic E-state index is 12.7. The average Bonchev–Trinajstić information content (AvgIpc) is 2.64. The summed E-state index contributed by atoms with van der Waals surface area (Å²) in [6.45, 7) is 15.2. The van der Waals surface area contributed by atoms with Gasteiger partial charge in [0.2, 0.25) is 5.95 Å². The van der Waals surface area contributed by atoms with Gasteiger partial charge in [0.1, 0.15) is 5.69 Å². The van der Waals surface area contributed by atoms with Gasteiger partial charge in [-0.25, -0.2) is 9.97 Å². The van der Waals surface area contributed by atoms with Crippen LogP contribution >= 0.6 is 0 Å². The molecule has 6 heteroatoms. The number of aromatic nitrogens is 2. The fourth-order valence-corrected chi connectivity index (χ4v) is 3.00. The molecule has 2 N–H and O–H groups in total. The van der Waals surface area contributed by atoms with E-state index in [-0.39, 0.29) is 5.91 Å². The smallest absolute Gasteiger partial charge is 0.274 e. The molecule has 28 heavy (non-hydrogen) atoms. The van der Waals surface area contributed by atoms with Gasteiger partial charge in [-0.1, -0.05) is 13.8 Å². The molecule has 2 rings (SSSR count). The summed E-state index contributed by atoms with van der Waals surface area (Å²) in [5.74, 6) is 0.873. The van der Waals surface area contributed by atoms with E-state index in [1.807, 2.05) is 26.0 Å². The highest BCUT2D eigenvalue weighted by molar-refractivity contribution is 6.03. The van der Waals surface area contributed by atoms with Crippen molar-refractivity contribution in [3.63, 3.8) is 0 Å². The lowest BCUT2D eigenvalue weighted by atomic mass is 10.1. The predicted octanol–water partition coefficient (Wildman–Crippen LogP) is 4.65. The Morgan fingerprint density at radius 2 is 1.82 bits per heavy atom. The summed E-state index contributed by atoms with van der Waals surface area (Å²) in [7, 11) is 0. The van der Waals surface area contributed by atoms with Crippen molar-refractivity contribution < 1.29 is 4.79 Å². The van der Waals surface area contributed by atoms with Crippen LogP contribution in [0.5, 0.6) is 0 Å². The van der Waals surface area contributed by atoms with Crippen LogP contribution in [0.25, 0.3) is 0 Å². The van der Waals surface area contributed by atoms with Crippen molar-refractivity contribution in [1.82, 2.24) is 9.97 Å². The van der Waals surface area contributed by atoms with Crippen molar-refractivity contribution in [3.8, 4) is 0 Å². The minimum absolute atomic E-state index is 0.226. The van der Waals surface area contributed by atoms with E-state index >= 15 is 0 Å². The molecule has 1 aromatic carbocycles. The minimum atomic E-state index is -0.226. The van der Waals surface area contributed by atoms with Gasteiger partial charge in [0.25, 0.3) is 5.91 Å². The topological polar surface area (TPSA) is 70.2 Å². The molecule has 0 unspecified atom stereocenters. The number of anilines is 3. The van der Waals surface area contributed by atoms with E-state index < -0.39 is 0 Å². The molecule has 0 saturated carbocycles. The molecule has 2 aromatic rings. The monoisotopic (exact) mass is 383 g/mol. The maximum atomic E-state index is 12.7. The van der Waals surface area contributed by atoms with Gasteiger partial charge in [0, 0.05) is 36.7 Å². The summed E-state index contributed by atoms with van der Waals surface area (Å²) < 4.78 is 0. The van der Waals surface area contributed by atoms with Crippen LogP contribution in [0.2, 0.25) is 0 Å². The normalized spacial score (nSPS) is 10.8. The summed E-state index contributed by atoms with van der Waals surface area (Å²) in [5, 5.41) is 6.19. The van der Waals surface area contributed by atoms with E-state index in [4.69, 9.17) is 0 Å². The molecule has 1 amide bonds. The standard InChI is InChI=1S/C22H33N5O/c1-7-27(8-2)18-9-10-19(16(5)13-18)25-21(28)20-14-17(6)24-22(26-20)23-12-11-15(3)4/h9-10,13-15H,7-8,11-12H2,1-6H3,(H,25,28)(H,23,24,26). The number of hydrogen-bond donors (Lipinski definition) is 2. The SMILES string of the molecule is CCN(CC)c1ccc(NC(=O)c2cc(C)nc(NCCC(C)C)n2)c(C)c1. The van der Waals surface area contributed by atoms with Crippen LogP contribution < -0.4 is 15.5 Å². The first kappa shape index (κ1) is 21.7. The predicted molar refractivity (Wildman–Crippen MR) is 117 cm³/mol. The first-order valence-corrected chi connectivity index (χ1v) is 10.1. The molecule has 1 aromatic heterocycles. The highest BCUT2D eigenvalue weighted by Gasteiger charge is 2.13. The Kier molecular flexibility index (Phi) is 7.79. The van der Waals surface area contributed by atoms with E-state index in [1.54, 1.807) is 6.07 Å². The number of aryl methyl sites for hydroxylation is 2. The van der Waals surface area contributed by atoms with E-state index in [0.717, 1.165) is 48.7 Å². The lowest BCUT2D eigenvalue weighted by molar-refractivity contribution is 0.102. The molecular weight excluding hydrogens is 350 g/mol. The van der Waals surface area contributed by atoms with Gasteiger partial charge in [0.15, 0.2) is 0 Å². The molecule has 152 valence electrons. The van der Waals surface area contributed by atoms with Crippen molar-refractivity contribution in [2.45, 2.75) is 48.0 Å². The zero-order chi connectivity index (χ0) is 20.7. The van der Waals surface area contributed by atoms with Crippen LogP contribution in [0, 0.1) is 19.8 Å². The first-order chi connectivity index (χ1) is 13.3. The van der Waals surface area contributed by atoms with E-state index in [2.05, 4.69) is 59.3 Å². The summed E-state index contributed by atoms with van der Waals surface area (Å²) in [6.07, 6.45) is 1.02. The number of carbonyl (C=O) groups is 1. The highest BCUT2D eigenvalue weighted by Crippen LogP contribution is 2.23. The number of amides is 1. The summed E-state index contributed by atoms with van der Waals surface area (Å²) in [6, 6.07) is 7.81. The molecule has 0 fully saturated rings. The lowest BCUT2D eigenvalue weighted by Crippen LogP contribution is -2.22. The van der Waals surface area contributed by atoms with E-state index in [0.29, 0.717) is 17.6 Å². The molecular formula is C22H33N5O. The van der Waals surface area contributed by atoms with Crippen LogP contribution in [0.1, 0.15) is 55.9 Å². The third-order valence-corrected chi connectivity index (χ3v) is 4.68. The molecule has 0 aliphatic rings. The molecule has 6 nitrogen and oxygen atoms in total. The zero-order valence-electron chi connectivity index (χ0n) is 18.0. The zero-order valence-corrected chi connectivity index (χ0v) is 18.0. The molecule has 0 atom stereocenters. The quantitative estimate of drug-likeness (QED) is 0.659. The van der Waals surface area contributed by atoms with Crippen LogP contribution in [-0.2, 0) is 0 Å². The Labute approximate surface area is 168 Å². The Hall–Kier alpha value is -2.63. The number of benzene rings is 1. The Bertz CT molecular complexity index is 800. The number of rotatable bonds is 9. The summed E-state index contributed by atoms with van der Waals surface area (Å²) in [4.78, 5) is 23.8. The summed E-state index contributed by atoms with van der Waals surface area (Å²) in [5.41, 5.74) is 4.12. The molecule has 0 saturated heterocycles. The number of carbonyl (C=O) groups excluding carboxylic acids is 1. The highest BCUT2D eigenvalue weighted by atomic mass is 16.1. The van der Waals surface area contributed by atoms with Gasteiger partial charge in [0.05, 0.1) is 0 Å². The molecule has 0 spiro atoms. The Balaban J connectivity index is 2.13. The van der Waals surface area contributed by atoms with Gasteiger partial charge in [-0.2, -0.15) is 0 Å². The van der Waals surface area contributed by atoms with Crippen LogP contribution in [0.3, 0.4) is 0 Å². The molecule has 0 bridgehead atoms. The van der Waals surface area contributed by atoms with Gasteiger partial charge >= 0.3 is 0 Å². The fourth-order valence-electron chi connectivity index (χ4n) is 3.00. The Morgan fingerprint density at radius 3 is 2.43 bits per heavy atom. The third-order valence-electron chi connectivity index (χ3n) is 4.68. The van der Waals surface area contributed by atoms with Gasteiger partial charge in [-0.05, 0) is 69.9 Å². The van der Waals surface area contributed by atoms with Crippen LogP contribution in [-0.4, -0.2) is 35.5 Å². The van der Waals surface area contributed by atoms with E-state index in [1.165, 1.54) is 0 Å². The van der Waals surface area contributed by atoms with Crippen LogP contribution in [0.4, 0.5) is 17.3 Å². The van der Waals surface area contributed by atoms with Crippen molar-refractivity contribution >= 4 is 23.2 Å². The molecule has 0 radical (unpaired) electrons. The van der Waals surface area contributed by atoms with Crippen molar-refractivity contribution in [3.05, 3.63) is 41.2 Å². The van der Waals surface area contributed by atoms with Gasteiger partial charge < -0.3 is 15.5 Å². The second kappa shape index (κ2) is 10.1. The average molecular weight is 384 g/mol. The van der Waals surface area contributed by atoms with Gasteiger partial charge in [-0.3, -0.25) is 4.79 Å². The molecule has 0 aliphatic carbocycles. The lowest BCUT2D eigenvalue weighted by Gasteiger charge is -2.22. The van der Waals surface area contributed by atoms with Crippen molar-refractivity contribution in [2.24, 2.45) is 5.92 Å². The fraction of sp³-hybridized carbons (Fsp3) is 0.500. The second-order valence-electron chi connectivity index (χ2n) is 7.45. The first-order valence-electron chi connectivity index (χ1n) is 10.1. The van der Waals surface area contributed by atoms with Crippen molar-refractivity contribution in [1.29, 1.82) is 0 Å². The number of hydrogen-bond acceptors (Lipinski definition) is 5. The third kappa shape index (κ3) is 5.94. The Morgan fingerprint density at radius 1 is 1.11 bits per heavy atom. The number of nitrogens with zero attached hydrogens (tertiary/aromatic N) is 3. The molecule has 0 aliphatic heterocycles. The maximum Gasteiger partial charge on any atom is 0.274 e. The van der Waals surface area contributed by atoms with Crippen molar-refractivity contribution in [2.75, 3.05) is 35.2 Å². The molecule has 1 heterocycles. The van der Waals surface area contributed by atoms with Gasteiger partial charge in [-0.15, -0.1) is 0 Å². The largest absolute Gasteiger partial charge is 0.372 e. The number of nitrogens with one attached hydrogen (secondary N) is 2. The van der Waals surface area contributed by atoms with Crippen LogP contribution in [0.15, 0.2) is 24.3 Å². The van der Waals surface area contributed by atoms with E-state index in [9.17, 15) is 4.79 Å². The summed E-state index contributed by atoms with van der Waals surface area (Å²) >= 11 is 0.